The van der Waals surface area contributed by atoms with Crippen molar-refractivity contribution in [1.29, 1.82) is 0 Å². The first-order valence-corrected chi connectivity index (χ1v) is 10.2. The van der Waals surface area contributed by atoms with E-state index in [1.54, 1.807) is 38.6 Å². The lowest BCUT2D eigenvalue weighted by Crippen LogP contribution is -1.92. The first-order valence-electron chi connectivity index (χ1n) is 8.61. The van der Waals surface area contributed by atoms with Crippen LogP contribution in [0.3, 0.4) is 0 Å². The molecule has 8 nitrogen and oxygen atoms in total. The fraction of sp³-hybridized carbons (Fsp3) is 0.304. The zero-order valence-corrected chi connectivity index (χ0v) is 20.2. The van der Waals surface area contributed by atoms with Gasteiger partial charge in [0.15, 0.2) is 11.6 Å². The van der Waals surface area contributed by atoms with Crippen LogP contribution in [0.5, 0.6) is 17.5 Å². The van der Waals surface area contributed by atoms with Crippen LogP contribution in [0, 0.1) is 5.82 Å². The van der Waals surface area contributed by atoms with Gasteiger partial charge in [0.25, 0.3) is 0 Å². The average molecular weight is 606 g/mol. The number of pyridine rings is 4. The Hall–Kier alpha value is -2.63. The molecular weight excluding hydrogens is 575 g/mol. The molecule has 0 bridgehead atoms. The molecule has 11 heteroatoms. The number of aliphatic hydroxyl groups is 1. The smallest absolute Gasteiger partial charge is 0.213 e. The summed E-state index contributed by atoms with van der Waals surface area (Å²) in [6.07, 6.45) is 2.81. The molecule has 34 heavy (non-hydrogen) atoms. The third-order valence-corrected chi connectivity index (χ3v) is 5.34. The van der Waals surface area contributed by atoms with Crippen molar-refractivity contribution >= 4 is 53.9 Å². The summed E-state index contributed by atoms with van der Waals surface area (Å²) in [6.45, 7) is 0. The Labute approximate surface area is 216 Å². The largest absolute Gasteiger partial charge is 0.494 e. The number of methoxy groups -OCH3 is 3. The fourth-order valence-corrected chi connectivity index (χ4v) is 3.32. The monoisotopic (exact) mass is 604 g/mol. The van der Waals surface area contributed by atoms with Gasteiger partial charge < -0.3 is 19.3 Å². The zero-order chi connectivity index (χ0) is 23.0. The molecule has 0 saturated heterocycles. The van der Waals surface area contributed by atoms with Crippen molar-refractivity contribution in [2.75, 3.05) is 28.4 Å². The molecule has 4 aromatic heterocycles. The van der Waals surface area contributed by atoms with Crippen LogP contribution in [0.25, 0.3) is 22.1 Å². The Bertz CT molecular complexity index is 1180. The van der Waals surface area contributed by atoms with Gasteiger partial charge in [0.2, 0.25) is 11.8 Å². The molecule has 0 aliphatic heterocycles. The first kappa shape index (κ1) is 33.5. The second kappa shape index (κ2) is 16.1. The fourth-order valence-electron chi connectivity index (χ4n) is 2.37. The molecule has 4 rings (SSSR count). The Kier molecular flexibility index (Phi) is 15.9. The topological polar surface area (TPSA) is 99.5 Å². The zero-order valence-electron chi connectivity index (χ0n) is 17.1. The van der Waals surface area contributed by atoms with Crippen molar-refractivity contribution in [2.45, 2.75) is 22.3 Å². The van der Waals surface area contributed by atoms with E-state index in [0.29, 0.717) is 33.0 Å². The third kappa shape index (κ3) is 7.71. The minimum atomic E-state index is -0.432. The second-order valence-corrected chi connectivity index (χ2v) is 7.09. The van der Waals surface area contributed by atoms with Crippen LogP contribution in [-0.4, -0.2) is 53.5 Å². The number of ether oxygens (including phenoxy) is 3. The van der Waals surface area contributed by atoms with Gasteiger partial charge in [-0.1, -0.05) is 22.3 Å². The van der Waals surface area contributed by atoms with Crippen LogP contribution < -0.4 is 14.2 Å². The molecule has 0 atom stereocenters. The Balaban J connectivity index is 0. The molecule has 4 aromatic rings. The third-order valence-electron chi connectivity index (χ3n) is 3.81. The number of rotatable bonds is 3. The van der Waals surface area contributed by atoms with Gasteiger partial charge in [0.1, 0.15) is 11.0 Å². The van der Waals surface area contributed by atoms with Gasteiger partial charge in [-0.3, -0.25) is 9.97 Å². The van der Waals surface area contributed by atoms with Crippen LogP contribution in [0.2, 0.25) is 0 Å². The first-order chi connectivity index (χ1) is 15.0. The maximum absolute atomic E-state index is 13.1. The number of aliphatic hydroxyl groups excluding tert-OH is 1. The summed E-state index contributed by atoms with van der Waals surface area (Å²) in [5.41, 5.74) is 2.61. The van der Waals surface area contributed by atoms with E-state index in [0.717, 1.165) is 28.8 Å². The summed E-state index contributed by atoms with van der Waals surface area (Å²) in [7, 11) is 5.68. The van der Waals surface area contributed by atoms with Crippen molar-refractivity contribution in [1.82, 2.24) is 19.9 Å². The summed E-state index contributed by atoms with van der Waals surface area (Å²) in [5.74, 6) is 1.21. The van der Waals surface area contributed by atoms with Crippen LogP contribution in [-0.2, 0) is 0 Å². The summed E-state index contributed by atoms with van der Waals surface area (Å²) < 4.78 is 29.3. The van der Waals surface area contributed by atoms with Crippen molar-refractivity contribution in [3.05, 3.63) is 51.4 Å². The molecule has 1 N–H and O–H groups in total. The number of hydrogen-bond donors (Lipinski definition) is 1. The number of hydrogen-bond acceptors (Lipinski definition) is 8. The van der Waals surface area contributed by atoms with Crippen molar-refractivity contribution < 1.29 is 23.7 Å². The maximum Gasteiger partial charge on any atom is 0.213 e. The summed E-state index contributed by atoms with van der Waals surface area (Å²) in [6, 6.07) is 7.03. The molecule has 0 amide bonds. The number of halogens is 3. The molecular formula is C23H31Br2FN4O4. The lowest BCUT2D eigenvalue weighted by Gasteiger charge is -2.06. The number of nitrogens with zero attached hydrogens (tertiary/aromatic N) is 4. The molecule has 4 heterocycles. The summed E-state index contributed by atoms with van der Waals surface area (Å²) >= 11 is 6.53. The van der Waals surface area contributed by atoms with E-state index in [-0.39, 0.29) is 22.3 Å². The number of fused-ring (bicyclic) bond motifs is 2. The van der Waals surface area contributed by atoms with Crippen molar-refractivity contribution in [3.8, 4) is 17.5 Å². The Morgan fingerprint density at radius 2 is 1.15 bits per heavy atom. The van der Waals surface area contributed by atoms with E-state index in [2.05, 4.69) is 51.8 Å². The van der Waals surface area contributed by atoms with E-state index in [4.69, 9.17) is 19.3 Å². The number of aromatic nitrogens is 4. The van der Waals surface area contributed by atoms with Gasteiger partial charge in [-0.25, -0.2) is 14.4 Å². The molecule has 0 aliphatic carbocycles. The molecule has 0 fully saturated rings. The van der Waals surface area contributed by atoms with Gasteiger partial charge in [-0.15, -0.1) is 0 Å². The van der Waals surface area contributed by atoms with Crippen molar-refractivity contribution in [3.63, 3.8) is 0 Å². The quantitative estimate of drug-likeness (QED) is 0.284. The van der Waals surface area contributed by atoms with E-state index in [1.807, 2.05) is 6.07 Å². The normalized spacial score (nSPS) is 9.06. The van der Waals surface area contributed by atoms with Gasteiger partial charge in [-0.05, 0) is 44.0 Å². The van der Waals surface area contributed by atoms with Gasteiger partial charge >= 0.3 is 0 Å². The lowest BCUT2D eigenvalue weighted by atomic mass is 10.3. The predicted molar refractivity (Wildman–Crippen MR) is 142 cm³/mol. The standard InChI is InChI=1S/C10H9BrN2O2.C9H6BrFN2O.CH4O.3CH4/c1-14-7-5-12-6-3-4-8(15-2)13-10(6)9(7)11;1-14-7-3-2-6-9(13-7)8(10)5(11)4-12-6;1-2;;;/h3-5H,1-2H3;2-4H,1H3;2H,1H3;3*1H4. The molecule has 0 aliphatic rings. The average Bonchev–Trinajstić information content (AvgIpc) is 2.83. The Morgan fingerprint density at radius 1 is 0.706 bits per heavy atom. The molecule has 0 radical (unpaired) electrons. The molecule has 0 unspecified atom stereocenters. The highest BCUT2D eigenvalue weighted by atomic mass is 79.9. The predicted octanol–water partition coefficient (Wildman–Crippen LogP) is 6.47. The van der Waals surface area contributed by atoms with Gasteiger partial charge in [0, 0.05) is 19.2 Å². The second-order valence-electron chi connectivity index (χ2n) is 5.50. The highest BCUT2D eigenvalue weighted by Gasteiger charge is 2.09. The van der Waals surface area contributed by atoms with Crippen molar-refractivity contribution in [2.24, 2.45) is 0 Å². The van der Waals surface area contributed by atoms with E-state index >= 15 is 0 Å². The van der Waals surface area contributed by atoms with E-state index < -0.39 is 5.82 Å². The Morgan fingerprint density at radius 3 is 1.59 bits per heavy atom. The van der Waals surface area contributed by atoms with Crippen LogP contribution in [0.15, 0.2) is 45.6 Å². The van der Waals surface area contributed by atoms with E-state index in [9.17, 15) is 4.39 Å². The maximum atomic E-state index is 13.1. The van der Waals surface area contributed by atoms with Crippen LogP contribution >= 0.6 is 31.9 Å². The molecule has 188 valence electrons. The minimum absolute atomic E-state index is 0. The van der Waals surface area contributed by atoms with Gasteiger partial charge in [-0.2, -0.15) is 0 Å². The lowest BCUT2D eigenvalue weighted by molar-refractivity contribution is 0.398. The molecule has 0 spiro atoms. The van der Waals surface area contributed by atoms with Crippen LogP contribution in [0.4, 0.5) is 4.39 Å². The highest BCUT2D eigenvalue weighted by molar-refractivity contribution is 9.11. The van der Waals surface area contributed by atoms with Crippen LogP contribution in [0.1, 0.15) is 22.3 Å². The summed E-state index contributed by atoms with van der Waals surface area (Å²) in [5, 5.41) is 7.00. The minimum Gasteiger partial charge on any atom is -0.494 e. The summed E-state index contributed by atoms with van der Waals surface area (Å²) in [4.78, 5) is 16.5. The van der Waals surface area contributed by atoms with E-state index in [1.165, 1.54) is 7.11 Å². The SMILES string of the molecule is C.C.C.CO.COc1ccc2ncc(F)c(Br)c2n1.COc1ccc2ncc(OC)c(Br)c2n1. The highest BCUT2D eigenvalue weighted by Crippen LogP contribution is 2.31. The van der Waals surface area contributed by atoms with Gasteiger partial charge in [0.05, 0.1) is 53.7 Å². The molecule has 0 saturated carbocycles. The molecule has 0 aromatic carbocycles.